The molecule has 0 radical (unpaired) electrons. The third-order valence-electron chi connectivity index (χ3n) is 5.17. The number of para-hydroxylation sites is 1. The highest BCUT2D eigenvalue weighted by molar-refractivity contribution is 6.31. The van der Waals surface area contributed by atoms with Crippen LogP contribution in [0.3, 0.4) is 0 Å². The first-order valence-corrected chi connectivity index (χ1v) is 10.5. The van der Waals surface area contributed by atoms with Gasteiger partial charge in [0.2, 0.25) is 0 Å². The highest BCUT2D eigenvalue weighted by atomic mass is 35.5. The SMILES string of the molecule is Cc1ccccc1OCc1c(C(=O)Nc2cc(C)n(Cc3ccccc3Cl)n2)noc1C. The van der Waals surface area contributed by atoms with Crippen molar-refractivity contribution in [3.63, 3.8) is 0 Å². The fraction of sp³-hybridized carbons (Fsp3) is 0.208. The Hall–Kier alpha value is -3.58. The molecule has 0 bridgehead atoms. The zero-order valence-electron chi connectivity index (χ0n) is 18.1. The number of hydrogen-bond donors (Lipinski definition) is 1. The van der Waals surface area contributed by atoms with E-state index in [0.717, 1.165) is 22.6 Å². The average molecular weight is 451 g/mol. The third kappa shape index (κ3) is 4.68. The van der Waals surface area contributed by atoms with E-state index in [1.807, 2.05) is 62.4 Å². The zero-order chi connectivity index (χ0) is 22.7. The second-order valence-electron chi connectivity index (χ2n) is 7.49. The highest BCUT2D eigenvalue weighted by Gasteiger charge is 2.22. The summed E-state index contributed by atoms with van der Waals surface area (Å²) in [6, 6.07) is 17.1. The van der Waals surface area contributed by atoms with Crippen LogP contribution in [-0.4, -0.2) is 20.8 Å². The Kier molecular flexibility index (Phi) is 6.28. The molecule has 0 atom stereocenters. The summed E-state index contributed by atoms with van der Waals surface area (Å²) in [6.07, 6.45) is 0. The molecule has 0 saturated heterocycles. The van der Waals surface area contributed by atoms with E-state index in [9.17, 15) is 4.79 Å². The first-order valence-electron chi connectivity index (χ1n) is 10.1. The van der Waals surface area contributed by atoms with Gasteiger partial charge in [0.25, 0.3) is 5.91 Å². The van der Waals surface area contributed by atoms with E-state index in [1.54, 1.807) is 17.7 Å². The highest BCUT2D eigenvalue weighted by Crippen LogP contribution is 2.22. The van der Waals surface area contributed by atoms with Gasteiger partial charge in [-0.3, -0.25) is 9.48 Å². The summed E-state index contributed by atoms with van der Waals surface area (Å²) in [4.78, 5) is 12.9. The first kappa shape index (κ1) is 21.6. The number of rotatable bonds is 7. The van der Waals surface area contributed by atoms with Crippen LogP contribution < -0.4 is 10.1 Å². The van der Waals surface area contributed by atoms with Crippen LogP contribution in [0.5, 0.6) is 5.75 Å². The van der Waals surface area contributed by atoms with Gasteiger partial charge in [0, 0.05) is 16.8 Å². The van der Waals surface area contributed by atoms with Crippen LogP contribution in [0.15, 0.2) is 59.1 Å². The summed E-state index contributed by atoms with van der Waals surface area (Å²) in [5.74, 6) is 1.29. The van der Waals surface area contributed by atoms with Gasteiger partial charge in [0.05, 0.1) is 12.1 Å². The molecule has 32 heavy (non-hydrogen) atoms. The normalized spacial score (nSPS) is 10.9. The number of halogens is 1. The fourth-order valence-electron chi connectivity index (χ4n) is 3.30. The first-order chi connectivity index (χ1) is 15.4. The van der Waals surface area contributed by atoms with Crippen molar-refractivity contribution in [2.24, 2.45) is 0 Å². The third-order valence-corrected chi connectivity index (χ3v) is 5.53. The lowest BCUT2D eigenvalue weighted by Gasteiger charge is -2.09. The van der Waals surface area contributed by atoms with Gasteiger partial charge in [-0.25, -0.2) is 0 Å². The van der Waals surface area contributed by atoms with Gasteiger partial charge >= 0.3 is 0 Å². The summed E-state index contributed by atoms with van der Waals surface area (Å²) < 4.78 is 12.9. The molecule has 2 heterocycles. The lowest BCUT2D eigenvalue weighted by Crippen LogP contribution is -2.16. The Balaban J connectivity index is 1.48. The van der Waals surface area contributed by atoms with Crippen molar-refractivity contribution in [1.82, 2.24) is 14.9 Å². The van der Waals surface area contributed by atoms with Crippen LogP contribution in [0.25, 0.3) is 0 Å². The van der Waals surface area contributed by atoms with Gasteiger partial charge in [-0.1, -0.05) is 53.2 Å². The van der Waals surface area contributed by atoms with Crippen molar-refractivity contribution in [2.45, 2.75) is 33.9 Å². The van der Waals surface area contributed by atoms with Crippen LogP contribution >= 0.6 is 11.6 Å². The van der Waals surface area contributed by atoms with Crippen molar-refractivity contribution in [3.8, 4) is 5.75 Å². The molecule has 4 rings (SSSR count). The summed E-state index contributed by atoms with van der Waals surface area (Å²) in [5.41, 5.74) is 3.61. The molecular weight excluding hydrogens is 428 g/mol. The van der Waals surface area contributed by atoms with Gasteiger partial charge in [0.1, 0.15) is 18.1 Å². The van der Waals surface area contributed by atoms with E-state index in [-0.39, 0.29) is 12.3 Å². The van der Waals surface area contributed by atoms with E-state index < -0.39 is 5.91 Å². The summed E-state index contributed by atoms with van der Waals surface area (Å²) in [5, 5.41) is 11.9. The second kappa shape index (κ2) is 9.28. The molecule has 8 heteroatoms. The zero-order valence-corrected chi connectivity index (χ0v) is 18.8. The maximum Gasteiger partial charge on any atom is 0.279 e. The fourth-order valence-corrected chi connectivity index (χ4v) is 3.50. The van der Waals surface area contributed by atoms with Crippen LogP contribution in [0.2, 0.25) is 5.02 Å². The number of carbonyl (C=O) groups is 1. The number of aryl methyl sites for hydroxylation is 3. The van der Waals surface area contributed by atoms with Gasteiger partial charge in [-0.15, -0.1) is 0 Å². The Bertz CT molecular complexity index is 1260. The maximum atomic E-state index is 12.9. The minimum absolute atomic E-state index is 0.170. The standard InChI is InChI=1S/C24H23ClN4O3/c1-15-8-4-7-11-21(15)31-14-19-17(3)32-28-23(19)24(30)26-22-12-16(2)29(27-22)13-18-9-5-6-10-20(18)25/h4-12H,13-14H2,1-3H3,(H,26,27,30). The largest absolute Gasteiger partial charge is 0.488 e. The molecule has 0 aliphatic rings. The van der Waals surface area contributed by atoms with E-state index >= 15 is 0 Å². The van der Waals surface area contributed by atoms with Crippen molar-refractivity contribution in [1.29, 1.82) is 0 Å². The number of benzene rings is 2. The molecule has 164 valence electrons. The Labute approximate surface area is 190 Å². The van der Waals surface area contributed by atoms with Crippen LogP contribution in [0.1, 0.15) is 38.6 Å². The minimum atomic E-state index is -0.410. The quantitative estimate of drug-likeness (QED) is 0.411. The van der Waals surface area contributed by atoms with Crippen molar-refractivity contribution < 1.29 is 14.1 Å². The number of nitrogens with one attached hydrogen (secondary N) is 1. The topological polar surface area (TPSA) is 82.2 Å². The number of aromatic nitrogens is 3. The second-order valence-corrected chi connectivity index (χ2v) is 7.90. The van der Waals surface area contributed by atoms with Gasteiger partial charge in [0.15, 0.2) is 11.5 Å². The molecule has 0 saturated carbocycles. The van der Waals surface area contributed by atoms with Gasteiger partial charge in [-0.2, -0.15) is 5.10 Å². The monoisotopic (exact) mass is 450 g/mol. The number of amides is 1. The molecule has 0 fully saturated rings. The summed E-state index contributed by atoms with van der Waals surface area (Å²) >= 11 is 6.26. The number of hydrogen-bond acceptors (Lipinski definition) is 5. The molecular formula is C24H23ClN4O3. The molecule has 2 aromatic heterocycles. The van der Waals surface area contributed by atoms with Crippen LogP contribution in [-0.2, 0) is 13.2 Å². The molecule has 0 aliphatic heterocycles. The molecule has 1 N–H and O–H groups in total. The Morgan fingerprint density at radius 3 is 2.66 bits per heavy atom. The summed E-state index contributed by atoms with van der Waals surface area (Å²) in [7, 11) is 0. The molecule has 0 aliphatic carbocycles. The van der Waals surface area contributed by atoms with Gasteiger partial charge < -0.3 is 14.6 Å². The van der Waals surface area contributed by atoms with E-state index in [0.29, 0.717) is 28.7 Å². The molecule has 7 nitrogen and oxygen atoms in total. The number of carbonyl (C=O) groups excluding carboxylic acids is 1. The Morgan fingerprint density at radius 1 is 1.12 bits per heavy atom. The smallest absolute Gasteiger partial charge is 0.279 e. The Morgan fingerprint density at radius 2 is 1.88 bits per heavy atom. The van der Waals surface area contributed by atoms with Crippen LogP contribution in [0, 0.1) is 20.8 Å². The minimum Gasteiger partial charge on any atom is -0.488 e. The van der Waals surface area contributed by atoms with Gasteiger partial charge in [-0.05, 0) is 44.0 Å². The maximum absolute atomic E-state index is 12.9. The van der Waals surface area contributed by atoms with E-state index in [2.05, 4.69) is 15.6 Å². The van der Waals surface area contributed by atoms with Crippen molar-refractivity contribution in [2.75, 3.05) is 5.32 Å². The van der Waals surface area contributed by atoms with Crippen LogP contribution in [0.4, 0.5) is 5.82 Å². The average Bonchev–Trinajstić information content (AvgIpc) is 3.31. The van der Waals surface area contributed by atoms with Crippen molar-refractivity contribution >= 4 is 23.3 Å². The molecule has 4 aromatic rings. The number of anilines is 1. The number of nitrogens with zero attached hydrogens (tertiary/aromatic N) is 3. The lowest BCUT2D eigenvalue weighted by molar-refractivity contribution is 0.101. The molecule has 0 spiro atoms. The lowest BCUT2D eigenvalue weighted by atomic mass is 10.2. The molecule has 0 unspecified atom stereocenters. The van der Waals surface area contributed by atoms with E-state index in [4.69, 9.17) is 20.9 Å². The number of ether oxygens (including phenoxy) is 1. The van der Waals surface area contributed by atoms with E-state index in [1.165, 1.54) is 0 Å². The summed E-state index contributed by atoms with van der Waals surface area (Å²) in [6.45, 7) is 6.30. The predicted molar refractivity (Wildman–Crippen MR) is 122 cm³/mol. The predicted octanol–water partition coefficient (Wildman–Crippen LogP) is 5.33. The molecule has 1 amide bonds. The van der Waals surface area contributed by atoms with Crippen molar-refractivity contribution in [3.05, 3.63) is 93.5 Å². The molecule has 2 aromatic carbocycles.